The molecule has 6 nitrogen and oxygen atoms in total. The number of piperidine rings is 1. The Balaban J connectivity index is 2.04. The molecule has 1 aliphatic heterocycles. The van der Waals surface area contributed by atoms with Gasteiger partial charge in [-0.15, -0.1) is 0 Å². The highest BCUT2D eigenvalue weighted by molar-refractivity contribution is 5.64. The molecule has 1 aromatic rings. The molecule has 0 bridgehead atoms. The van der Waals surface area contributed by atoms with Gasteiger partial charge in [-0.05, 0) is 38.9 Å². The number of nitrogens with one attached hydrogen (secondary N) is 1. The second-order valence-electron chi connectivity index (χ2n) is 5.55. The fraction of sp³-hybridized carbons (Fsp3) is 0.600. The van der Waals surface area contributed by atoms with Crippen LogP contribution in [0.25, 0.3) is 0 Å². The van der Waals surface area contributed by atoms with E-state index in [4.69, 9.17) is 4.74 Å². The van der Waals surface area contributed by atoms with E-state index < -0.39 is 0 Å². The predicted molar refractivity (Wildman–Crippen MR) is 83.0 cm³/mol. The monoisotopic (exact) mass is 293 g/mol. The lowest BCUT2D eigenvalue weighted by Crippen LogP contribution is -2.38. The third-order valence-electron chi connectivity index (χ3n) is 3.78. The smallest absolute Gasteiger partial charge is 0.292 e. The molecule has 1 saturated heterocycles. The Morgan fingerprint density at radius 1 is 1.38 bits per heavy atom. The summed E-state index contributed by atoms with van der Waals surface area (Å²) in [5, 5.41) is 14.4. The lowest BCUT2D eigenvalue weighted by molar-refractivity contribution is -0.384. The highest BCUT2D eigenvalue weighted by Crippen LogP contribution is 2.29. The summed E-state index contributed by atoms with van der Waals surface area (Å²) in [6.45, 7) is 5.19. The van der Waals surface area contributed by atoms with E-state index in [2.05, 4.69) is 17.1 Å². The molecule has 0 aromatic heterocycles. The van der Waals surface area contributed by atoms with Crippen LogP contribution in [-0.4, -0.2) is 42.6 Å². The van der Waals surface area contributed by atoms with Crippen LogP contribution in [0, 0.1) is 10.1 Å². The second kappa shape index (κ2) is 7.26. The highest BCUT2D eigenvalue weighted by Gasteiger charge is 2.18. The number of nitro groups is 1. The molecule has 116 valence electrons. The Morgan fingerprint density at radius 3 is 2.71 bits per heavy atom. The molecule has 1 heterocycles. The van der Waals surface area contributed by atoms with Gasteiger partial charge in [-0.2, -0.15) is 0 Å². The fourth-order valence-electron chi connectivity index (χ4n) is 2.76. The summed E-state index contributed by atoms with van der Waals surface area (Å²) in [6, 6.07) is 4.92. The number of nitrogens with zero attached hydrogens (tertiary/aromatic N) is 2. The van der Waals surface area contributed by atoms with Gasteiger partial charge in [-0.3, -0.25) is 10.1 Å². The largest absolute Gasteiger partial charge is 0.497 e. The number of rotatable bonds is 6. The predicted octanol–water partition coefficient (Wildman–Crippen LogP) is 2.89. The van der Waals surface area contributed by atoms with E-state index in [1.165, 1.54) is 25.3 Å². The first kappa shape index (κ1) is 15.6. The number of benzene rings is 1. The van der Waals surface area contributed by atoms with Gasteiger partial charge in [0.1, 0.15) is 11.4 Å². The lowest BCUT2D eigenvalue weighted by Gasteiger charge is -2.29. The molecule has 0 spiro atoms. The van der Waals surface area contributed by atoms with Crippen LogP contribution in [0.2, 0.25) is 0 Å². The van der Waals surface area contributed by atoms with Crippen molar-refractivity contribution in [3.8, 4) is 5.75 Å². The van der Waals surface area contributed by atoms with Crippen molar-refractivity contribution >= 4 is 11.4 Å². The molecular weight excluding hydrogens is 270 g/mol. The number of likely N-dealkylation sites (tertiary alicyclic amines) is 1. The maximum Gasteiger partial charge on any atom is 0.292 e. The van der Waals surface area contributed by atoms with Gasteiger partial charge in [-0.1, -0.05) is 6.42 Å². The molecule has 1 fully saturated rings. The molecule has 1 unspecified atom stereocenters. The van der Waals surface area contributed by atoms with Gasteiger partial charge in [0.05, 0.1) is 12.0 Å². The van der Waals surface area contributed by atoms with E-state index in [-0.39, 0.29) is 16.7 Å². The summed E-state index contributed by atoms with van der Waals surface area (Å²) in [4.78, 5) is 13.2. The van der Waals surface area contributed by atoms with Crippen molar-refractivity contribution in [3.63, 3.8) is 0 Å². The van der Waals surface area contributed by atoms with Crippen LogP contribution in [-0.2, 0) is 0 Å². The topological polar surface area (TPSA) is 67.6 Å². The van der Waals surface area contributed by atoms with Crippen LogP contribution in [0.5, 0.6) is 5.75 Å². The first-order valence-corrected chi connectivity index (χ1v) is 7.41. The molecule has 2 rings (SSSR count). The van der Waals surface area contributed by atoms with Crippen molar-refractivity contribution in [2.45, 2.75) is 32.2 Å². The van der Waals surface area contributed by atoms with E-state index in [0.717, 1.165) is 19.6 Å². The molecular formula is C15H23N3O3. The summed E-state index contributed by atoms with van der Waals surface area (Å²) >= 11 is 0. The maximum absolute atomic E-state index is 11.1. The normalized spacial score (nSPS) is 17.2. The third kappa shape index (κ3) is 4.32. The minimum absolute atomic E-state index is 0.0845. The molecule has 0 amide bonds. The summed E-state index contributed by atoms with van der Waals surface area (Å²) in [7, 11) is 1.56. The number of anilines is 1. The zero-order chi connectivity index (χ0) is 15.2. The van der Waals surface area contributed by atoms with Gasteiger partial charge in [0, 0.05) is 24.7 Å². The average Bonchev–Trinajstić information content (AvgIpc) is 2.47. The summed E-state index contributed by atoms with van der Waals surface area (Å²) < 4.78 is 5.15. The van der Waals surface area contributed by atoms with E-state index in [0.29, 0.717) is 11.4 Å². The lowest BCUT2D eigenvalue weighted by atomic mass is 10.1. The van der Waals surface area contributed by atoms with E-state index in [1.807, 2.05) is 0 Å². The number of hydrogen-bond donors (Lipinski definition) is 1. The van der Waals surface area contributed by atoms with Crippen LogP contribution in [0.1, 0.15) is 26.2 Å². The Hall–Kier alpha value is -1.82. The zero-order valence-corrected chi connectivity index (χ0v) is 12.7. The first-order valence-electron chi connectivity index (χ1n) is 7.41. The summed E-state index contributed by atoms with van der Waals surface area (Å²) in [5.74, 6) is 0.619. The number of nitro benzene ring substituents is 1. The minimum atomic E-state index is -0.366. The molecule has 1 atom stereocenters. The Labute approximate surface area is 125 Å². The van der Waals surface area contributed by atoms with Crippen LogP contribution in [0.4, 0.5) is 11.4 Å². The molecule has 1 aromatic carbocycles. The quantitative estimate of drug-likeness (QED) is 0.645. The molecule has 0 aliphatic carbocycles. The van der Waals surface area contributed by atoms with Crippen molar-refractivity contribution < 1.29 is 9.66 Å². The number of ether oxygens (including phenoxy) is 1. The van der Waals surface area contributed by atoms with Gasteiger partial charge in [0.2, 0.25) is 0 Å². The minimum Gasteiger partial charge on any atom is -0.497 e. The van der Waals surface area contributed by atoms with Gasteiger partial charge in [0.15, 0.2) is 0 Å². The highest BCUT2D eigenvalue weighted by atomic mass is 16.6. The van der Waals surface area contributed by atoms with Crippen LogP contribution in [0.3, 0.4) is 0 Å². The van der Waals surface area contributed by atoms with E-state index in [1.54, 1.807) is 19.2 Å². The van der Waals surface area contributed by atoms with E-state index in [9.17, 15) is 10.1 Å². The van der Waals surface area contributed by atoms with Crippen molar-refractivity contribution in [1.29, 1.82) is 0 Å². The molecule has 1 aliphatic rings. The Bertz CT molecular complexity index is 487. The summed E-state index contributed by atoms with van der Waals surface area (Å²) in [6.07, 6.45) is 3.79. The van der Waals surface area contributed by atoms with Crippen molar-refractivity contribution in [2.75, 3.05) is 32.1 Å². The van der Waals surface area contributed by atoms with Crippen molar-refractivity contribution in [2.24, 2.45) is 0 Å². The van der Waals surface area contributed by atoms with Crippen molar-refractivity contribution in [3.05, 3.63) is 28.3 Å². The SMILES string of the molecule is COc1ccc([N+](=O)[O-])c(NC(C)CN2CCCCC2)c1. The van der Waals surface area contributed by atoms with Gasteiger partial charge in [0.25, 0.3) is 5.69 Å². The average molecular weight is 293 g/mol. The Kier molecular flexibility index (Phi) is 5.38. The zero-order valence-electron chi connectivity index (χ0n) is 12.7. The summed E-state index contributed by atoms with van der Waals surface area (Å²) in [5.41, 5.74) is 0.602. The van der Waals surface area contributed by atoms with E-state index >= 15 is 0 Å². The van der Waals surface area contributed by atoms with Crippen molar-refractivity contribution in [1.82, 2.24) is 4.90 Å². The molecule has 6 heteroatoms. The van der Waals surface area contributed by atoms with Gasteiger partial charge < -0.3 is 15.0 Å². The van der Waals surface area contributed by atoms with Crippen LogP contribution < -0.4 is 10.1 Å². The Morgan fingerprint density at radius 2 is 2.10 bits per heavy atom. The first-order chi connectivity index (χ1) is 10.1. The second-order valence-corrected chi connectivity index (χ2v) is 5.55. The maximum atomic E-state index is 11.1. The molecule has 21 heavy (non-hydrogen) atoms. The van der Waals surface area contributed by atoms with Crippen LogP contribution in [0.15, 0.2) is 18.2 Å². The third-order valence-corrected chi connectivity index (χ3v) is 3.78. The van der Waals surface area contributed by atoms with Crippen LogP contribution >= 0.6 is 0 Å². The number of hydrogen-bond acceptors (Lipinski definition) is 5. The molecule has 0 radical (unpaired) electrons. The fourth-order valence-corrected chi connectivity index (χ4v) is 2.76. The number of methoxy groups -OCH3 is 1. The van der Waals surface area contributed by atoms with Gasteiger partial charge >= 0.3 is 0 Å². The molecule has 0 saturated carbocycles. The molecule has 1 N–H and O–H groups in total. The standard InChI is InChI=1S/C15H23N3O3/c1-12(11-17-8-4-3-5-9-17)16-14-10-13(21-2)6-7-15(14)18(19)20/h6-7,10,12,16H,3-5,8-9,11H2,1-2H3. The van der Waals surface area contributed by atoms with Gasteiger partial charge in [-0.25, -0.2) is 0 Å².